The predicted molar refractivity (Wildman–Crippen MR) is 63.0 cm³/mol. The monoisotopic (exact) mass is 236 g/mol. The van der Waals surface area contributed by atoms with Gasteiger partial charge in [-0.2, -0.15) is 0 Å². The minimum atomic E-state index is 0.104. The average Bonchev–Trinajstić information content (AvgIpc) is 2.89. The van der Waals surface area contributed by atoms with Gasteiger partial charge in [0.2, 0.25) is 0 Å². The maximum absolute atomic E-state index is 8.69. The van der Waals surface area contributed by atoms with Gasteiger partial charge in [-0.15, -0.1) is 0 Å². The number of amidine groups is 1. The predicted octanol–water partition coefficient (Wildman–Crippen LogP) is 1.09. The van der Waals surface area contributed by atoms with Gasteiger partial charge in [-0.25, -0.2) is 0 Å². The second-order valence-electron chi connectivity index (χ2n) is 3.94. The highest BCUT2D eigenvalue weighted by atomic mass is 16.5. The third-order valence-corrected chi connectivity index (χ3v) is 2.76. The third kappa shape index (κ3) is 2.95. The van der Waals surface area contributed by atoms with Gasteiger partial charge in [0, 0.05) is 12.2 Å². The molecular weight excluding hydrogens is 220 g/mol. The van der Waals surface area contributed by atoms with Crippen molar-refractivity contribution in [1.29, 1.82) is 0 Å². The molecule has 1 aliphatic heterocycles. The fourth-order valence-electron chi connectivity index (χ4n) is 1.80. The third-order valence-electron chi connectivity index (χ3n) is 2.76. The van der Waals surface area contributed by atoms with Crippen LogP contribution in [0.5, 0.6) is 0 Å². The van der Waals surface area contributed by atoms with Crippen LogP contribution in [0.2, 0.25) is 0 Å². The molecule has 1 unspecified atom stereocenters. The lowest BCUT2D eigenvalue weighted by molar-refractivity contribution is 0.0317. The molecule has 0 radical (unpaired) electrons. The van der Waals surface area contributed by atoms with Crippen molar-refractivity contribution in [3.63, 3.8) is 0 Å². The molecule has 0 bridgehead atoms. The molecule has 0 amide bonds. The molecule has 1 aromatic rings. The van der Waals surface area contributed by atoms with E-state index < -0.39 is 0 Å². The molecule has 5 nitrogen and oxygen atoms in total. The molecule has 1 saturated heterocycles. The number of nitrogens with zero attached hydrogens (tertiary/aromatic N) is 1. The Morgan fingerprint density at radius 1 is 1.53 bits per heavy atom. The molecule has 1 heterocycles. The van der Waals surface area contributed by atoms with Crippen molar-refractivity contribution < 1.29 is 14.7 Å². The van der Waals surface area contributed by atoms with Gasteiger partial charge < -0.3 is 20.4 Å². The Morgan fingerprint density at radius 2 is 2.35 bits per heavy atom. The summed E-state index contributed by atoms with van der Waals surface area (Å²) in [4.78, 5) is 0. The molecule has 3 N–H and O–H groups in total. The summed E-state index contributed by atoms with van der Waals surface area (Å²) in [5, 5.41) is 11.7. The topological polar surface area (TPSA) is 77.1 Å². The Hall–Kier alpha value is -1.59. The summed E-state index contributed by atoms with van der Waals surface area (Å²) in [6.45, 7) is 1.85. The van der Waals surface area contributed by atoms with Gasteiger partial charge in [0.25, 0.3) is 0 Å². The lowest BCUT2D eigenvalue weighted by Crippen LogP contribution is -2.18. The van der Waals surface area contributed by atoms with Crippen LogP contribution >= 0.6 is 0 Å². The van der Waals surface area contributed by atoms with Crippen molar-refractivity contribution in [3.05, 3.63) is 35.4 Å². The van der Waals surface area contributed by atoms with E-state index in [0.717, 1.165) is 18.6 Å². The second kappa shape index (κ2) is 5.65. The average molecular weight is 236 g/mol. The van der Waals surface area contributed by atoms with Crippen molar-refractivity contribution in [1.82, 2.24) is 0 Å². The van der Waals surface area contributed by atoms with Gasteiger partial charge in [-0.05, 0) is 12.0 Å². The molecule has 5 heteroatoms. The molecule has 92 valence electrons. The van der Waals surface area contributed by atoms with E-state index in [9.17, 15) is 0 Å². The first kappa shape index (κ1) is 11.9. The first-order valence-corrected chi connectivity index (χ1v) is 5.56. The Balaban J connectivity index is 2.04. The van der Waals surface area contributed by atoms with Gasteiger partial charge in [-0.3, -0.25) is 0 Å². The summed E-state index contributed by atoms with van der Waals surface area (Å²) in [7, 11) is 0. The summed E-state index contributed by atoms with van der Waals surface area (Å²) in [5.74, 6) is 0.104. The van der Waals surface area contributed by atoms with E-state index in [1.807, 2.05) is 18.2 Å². The molecule has 1 aliphatic rings. The van der Waals surface area contributed by atoms with Gasteiger partial charge in [-0.1, -0.05) is 29.4 Å². The number of ether oxygens (including phenoxy) is 2. The summed E-state index contributed by atoms with van der Waals surface area (Å²) in [6, 6.07) is 7.45. The van der Waals surface area contributed by atoms with Gasteiger partial charge in [0.15, 0.2) is 5.84 Å². The van der Waals surface area contributed by atoms with Crippen LogP contribution < -0.4 is 5.73 Å². The highest BCUT2D eigenvalue weighted by Crippen LogP contribution is 2.14. The molecule has 1 atom stereocenters. The molecule has 1 aromatic carbocycles. The van der Waals surface area contributed by atoms with Crippen LogP contribution in [0.15, 0.2) is 29.4 Å². The Morgan fingerprint density at radius 3 is 3.06 bits per heavy atom. The Labute approximate surface area is 99.8 Å². The SMILES string of the molecule is NC(=NO)c1ccccc1COC1CCOC1. The largest absolute Gasteiger partial charge is 0.409 e. The molecular formula is C12H16N2O3. The quantitative estimate of drug-likeness (QED) is 0.355. The minimum absolute atomic E-state index is 0.104. The van der Waals surface area contributed by atoms with E-state index in [4.69, 9.17) is 20.4 Å². The van der Waals surface area contributed by atoms with E-state index in [1.54, 1.807) is 6.07 Å². The van der Waals surface area contributed by atoms with Crippen LogP contribution in [0.25, 0.3) is 0 Å². The number of hydrogen-bond acceptors (Lipinski definition) is 4. The molecule has 2 rings (SSSR count). The number of oxime groups is 1. The highest BCUT2D eigenvalue weighted by Gasteiger charge is 2.16. The lowest BCUT2D eigenvalue weighted by atomic mass is 10.1. The summed E-state index contributed by atoms with van der Waals surface area (Å²) in [6.07, 6.45) is 1.07. The van der Waals surface area contributed by atoms with Gasteiger partial charge >= 0.3 is 0 Å². The smallest absolute Gasteiger partial charge is 0.170 e. The summed E-state index contributed by atoms with van der Waals surface area (Å²) >= 11 is 0. The lowest BCUT2D eigenvalue weighted by Gasteiger charge is -2.12. The minimum Gasteiger partial charge on any atom is -0.409 e. The van der Waals surface area contributed by atoms with E-state index in [2.05, 4.69) is 5.16 Å². The Kier molecular flexibility index (Phi) is 3.95. The number of nitrogens with two attached hydrogens (primary N) is 1. The fraction of sp³-hybridized carbons (Fsp3) is 0.417. The van der Waals surface area contributed by atoms with Crippen LogP contribution in [0.4, 0.5) is 0 Å². The first-order valence-electron chi connectivity index (χ1n) is 5.56. The van der Waals surface area contributed by atoms with Gasteiger partial charge in [0.1, 0.15) is 0 Å². The van der Waals surface area contributed by atoms with Crippen LogP contribution in [0, 0.1) is 0 Å². The van der Waals surface area contributed by atoms with Crippen molar-refractivity contribution >= 4 is 5.84 Å². The van der Waals surface area contributed by atoms with Crippen LogP contribution in [0.3, 0.4) is 0 Å². The zero-order chi connectivity index (χ0) is 12.1. The van der Waals surface area contributed by atoms with E-state index in [-0.39, 0.29) is 11.9 Å². The van der Waals surface area contributed by atoms with Crippen LogP contribution in [0.1, 0.15) is 17.5 Å². The summed E-state index contributed by atoms with van der Waals surface area (Å²) in [5.41, 5.74) is 7.21. The van der Waals surface area contributed by atoms with Crippen molar-refractivity contribution in [2.75, 3.05) is 13.2 Å². The van der Waals surface area contributed by atoms with Crippen molar-refractivity contribution in [2.45, 2.75) is 19.1 Å². The van der Waals surface area contributed by atoms with E-state index in [1.165, 1.54) is 0 Å². The molecule has 17 heavy (non-hydrogen) atoms. The zero-order valence-electron chi connectivity index (χ0n) is 9.50. The number of rotatable bonds is 4. The fourth-order valence-corrected chi connectivity index (χ4v) is 1.80. The maximum atomic E-state index is 8.69. The molecule has 0 spiro atoms. The zero-order valence-corrected chi connectivity index (χ0v) is 9.50. The second-order valence-corrected chi connectivity index (χ2v) is 3.94. The molecule has 0 aromatic heterocycles. The first-order chi connectivity index (χ1) is 8.31. The van der Waals surface area contributed by atoms with Crippen LogP contribution in [-0.2, 0) is 16.1 Å². The maximum Gasteiger partial charge on any atom is 0.170 e. The molecule has 0 saturated carbocycles. The highest BCUT2D eigenvalue weighted by molar-refractivity contribution is 5.98. The van der Waals surface area contributed by atoms with Gasteiger partial charge in [0.05, 0.1) is 19.3 Å². The molecule has 1 fully saturated rings. The Bertz CT molecular complexity index is 400. The van der Waals surface area contributed by atoms with E-state index in [0.29, 0.717) is 18.8 Å². The number of benzene rings is 1. The summed E-state index contributed by atoms with van der Waals surface area (Å²) < 4.78 is 10.9. The standard InChI is InChI=1S/C12H16N2O3/c13-12(14-15)11-4-2-1-3-9(11)7-17-10-5-6-16-8-10/h1-4,10,15H,5-8H2,(H2,13,14). The number of hydrogen-bond donors (Lipinski definition) is 2. The van der Waals surface area contributed by atoms with Crippen molar-refractivity contribution in [2.24, 2.45) is 10.9 Å². The van der Waals surface area contributed by atoms with E-state index >= 15 is 0 Å². The normalized spacial score (nSPS) is 20.7. The van der Waals surface area contributed by atoms with Crippen molar-refractivity contribution in [3.8, 4) is 0 Å². The molecule has 0 aliphatic carbocycles. The van der Waals surface area contributed by atoms with Crippen LogP contribution in [-0.4, -0.2) is 30.4 Å².